The Morgan fingerprint density at radius 1 is 0.886 bits per heavy atom. The molecule has 0 fully saturated rings. The van der Waals surface area contributed by atoms with E-state index in [1.165, 1.54) is 25.7 Å². The minimum atomic E-state index is -0.486. The third kappa shape index (κ3) is 7.95. The summed E-state index contributed by atoms with van der Waals surface area (Å²) in [6, 6.07) is 18.1. The average Bonchev–Trinajstić information content (AvgIpc) is 2.89. The molecule has 3 aromatic carbocycles. The van der Waals surface area contributed by atoms with Gasteiger partial charge in [0.25, 0.3) is 0 Å². The van der Waals surface area contributed by atoms with Gasteiger partial charge in [-0.25, -0.2) is 10.2 Å². The molecule has 184 valence electrons. The topological polar surface area (TPSA) is 77.0 Å². The Morgan fingerprint density at radius 2 is 1.60 bits per heavy atom. The number of ether oxygens (including phenoxy) is 2. The van der Waals surface area contributed by atoms with Crippen molar-refractivity contribution >= 4 is 28.9 Å². The number of hydrazone groups is 1. The lowest BCUT2D eigenvalue weighted by Gasteiger charge is -2.11. The molecule has 0 saturated carbocycles. The molecular weight excluding hydrogens is 440 g/mol. The fourth-order valence-corrected chi connectivity index (χ4v) is 3.85. The first-order valence-corrected chi connectivity index (χ1v) is 12.3. The quantitative estimate of drug-likeness (QED) is 0.0988. The molecule has 0 aromatic heterocycles. The van der Waals surface area contributed by atoms with Crippen molar-refractivity contribution in [3.63, 3.8) is 0 Å². The summed E-state index contributed by atoms with van der Waals surface area (Å²) in [5.74, 6) is 0.425. The second kappa shape index (κ2) is 13.9. The number of carbonyl (C=O) groups is 2. The second-order valence-electron chi connectivity index (χ2n) is 8.48. The highest BCUT2D eigenvalue weighted by atomic mass is 16.5. The molecule has 0 aliphatic heterocycles. The van der Waals surface area contributed by atoms with Gasteiger partial charge in [-0.1, -0.05) is 75.8 Å². The number of carbonyl (C=O) groups excluding carboxylic acids is 2. The van der Waals surface area contributed by atoms with Crippen LogP contribution in [0.3, 0.4) is 0 Å². The van der Waals surface area contributed by atoms with E-state index in [2.05, 4.69) is 17.5 Å². The molecule has 3 rings (SSSR count). The summed E-state index contributed by atoms with van der Waals surface area (Å²) in [5, 5.41) is 6.01. The third-order valence-electron chi connectivity index (χ3n) is 5.85. The highest BCUT2D eigenvalue weighted by Crippen LogP contribution is 2.27. The maximum absolute atomic E-state index is 12.7. The van der Waals surface area contributed by atoms with E-state index in [1.807, 2.05) is 30.3 Å². The molecule has 35 heavy (non-hydrogen) atoms. The van der Waals surface area contributed by atoms with E-state index in [1.54, 1.807) is 43.7 Å². The highest BCUT2D eigenvalue weighted by Gasteiger charge is 2.14. The highest BCUT2D eigenvalue weighted by molar-refractivity contribution is 6.04. The van der Waals surface area contributed by atoms with Crippen molar-refractivity contribution in [2.45, 2.75) is 58.3 Å². The zero-order chi connectivity index (χ0) is 24.9. The zero-order valence-electron chi connectivity index (χ0n) is 20.6. The van der Waals surface area contributed by atoms with Crippen molar-refractivity contribution in [3.8, 4) is 11.5 Å². The lowest BCUT2D eigenvalue weighted by Crippen LogP contribution is -2.17. The molecule has 6 nitrogen and oxygen atoms in total. The van der Waals surface area contributed by atoms with Gasteiger partial charge in [-0.05, 0) is 47.5 Å². The lowest BCUT2D eigenvalue weighted by atomic mass is 10.0. The Bertz CT molecular complexity index is 1140. The maximum atomic E-state index is 12.7. The Morgan fingerprint density at radius 3 is 2.34 bits per heavy atom. The first-order chi connectivity index (χ1) is 17.1. The lowest BCUT2D eigenvalue weighted by molar-refractivity contribution is -0.121. The summed E-state index contributed by atoms with van der Waals surface area (Å²) in [7, 11) is 1.57. The summed E-state index contributed by atoms with van der Waals surface area (Å²) < 4.78 is 10.9. The van der Waals surface area contributed by atoms with Gasteiger partial charge in [0.2, 0.25) is 5.91 Å². The average molecular weight is 475 g/mol. The number of benzene rings is 3. The van der Waals surface area contributed by atoms with Crippen LogP contribution in [0.2, 0.25) is 0 Å². The molecular formula is C29H34N2O4. The normalized spacial score (nSPS) is 11.0. The molecule has 3 aromatic rings. The number of esters is 1. The van der Waals surface area contributed by atoms with Gasteiger partial charge in [0.05, 0.1) is 18.9 Å². The third-order valence-corrected chi connectivity index (χ3v) is 5.85. The minimum Gasteiger partial charge on any atom is -0.497 e. The number of fused-ring (bicyclic) bond motifs is 1. The molecule has 1 amide bonds. The predicted octanol–water partition coefficient (Wildman–Crippen LogP) is 6.66. The monoisotopic (exact) mass is 474 g/mol. The number of amides is 1. The predicted molar refractivity (Wildman–Crippen MR) is 140 cm³/mol. The molecule has 0 atom stereocenters. The Labute approximate surface area is 207 Å². The van der Waals surface area contributed by atoms with Crippen LogP contribution >= 0.6 is 0 Å². The van der Waals surface area contributed by atoms with E-state index in [0.29, 0.717) is 29.0 Å². The van der Waals surface area contributed by atoms with Crippen molar-refractivity contribution in [1.29, 1.82) is 0 Å². The largest absolute Gasteiger partial charge is 0.497 e. The number of hydrogen-bond acceptors (Lipinski definition) is 5. The van der Waals surface area contributed by atoms with Gasteiger partial charge in [0.1, 0.15) is 11.5 Å². The van der Waals surface area contributed by atoms with Gasteiger partial charge in [-0.3, -0.25) is 4.79 Å². The van der Waals surface area contributed by atoms with Crippen molar-refractivity contribution in [3.05, 3.63) is 71.8 Å². The van der Waals surface area contributed by atoms with Crippen LogP contribution in [0.15, 0.2) is 65.8 Å². The first kappa shape index (κ1) is 25.9. The van der Waals surface area contributed by atoms with Crippen LogP contribution in [0.4, 0.5) is 0 Å². The van der Waals surface area contributed by atoms with Crippen molar-refractivity contribution in [2.24, 2.45) is 5.10 Å². The second-order valence-corrected chi connectivity index (χ2v) is 8.48. The summed E-state index contributed by atoms with van der Waals surface area (Å²) in [6.45, 7) is 2.21. The van der Waals surface area contributed by atoms with E-state index in [0.717, 1.165) is 30.0 Å². The number of nitrogens with zero attached hydrogens (tertiary/aromatic N) is 1. The van der Waals surface area contributed by atoms with Crippen LogP contribution in [0.25, 0.3) is 10.8 Å². The van der Waals surface area contributed by atoms with E-state index < -0.39 is 5.97 Å². The molecule has 0 saturated heterocycles. The number of hydrogen-bond donors (Lipinski definition) is 1. The fourth-order valence-electron chi connectivity index (χ4n) is 3.85. The summed E-state index contributed by atoms with van der Waals surface area (Å²) >= 11 is 0. The molecule has 6 heteroatoms. The van der Waals surface area contributed by atoms with Gasteiger partial charge in [0.15, 0.2) is 0 Å². The van der Waals surface area contributed by atoms with Crippen LogP contribution in [0, 0.1) is 0 Å². The number of rotatable bonds is 13. The van der Waals surface area contributed by atoms with E-state index in [9.17, 15) is 9.59 Å². The standard InChI is InChI=1S/C29H34N2O4/c1-3-4-5-6-7-8-9-14-28(32)31-30-21-26-25-13-11-10-12-22(25)17-20-27(26)35-29(33)23-15-18-24(34-2)19-16-23/h10-13,15-21H,3-9,14H2,1-2H3,(H,31,32). The molecule has 0 spiro atoms. The Hall–Kier alpha value is -3.67. The van der Waals surface area contributed by atoms with Crippen LogP contribution < -0.4 is 14.9 Å². The minimum absolute atomic E-state index is 0.119. The maximum Gasteiger partial charge on any atom is 0.343 e. The van der Waals surface area contributed by atoms with Crippen LogP contribution in [0.5, 0.6) is 11.5 Å². The van der Waals surface area contributed by atoms with Gasteiger partial charge in [-0.15, -0.1) is 0 Å². The molecule has 0 bridgehead atoms. The molecule has 0 radical (unpaired) electrons. The van der Waals surface area contributed by atoms with Gasteiger partial charge >= 0.3 is 5.97 Å². The fraction of sp³-hybridized carbons (Fsp3) is 0.345. The van der Waals surface area contributed by atoms with E-state index in [4.69, 9.17) is 9.47 Å². The van der Waals surface area contributed by atoms with E-state index in [-0.39, 0.29) is 5.91 Å². The summed E-state index contributed by atoms with van der Waals surface area (Å²) in [4.78, 5) is 24.9. The van der Waals surface area contributed by atoms with Crippen LogP contribution in [-0.2, 0) is 4.79 Å². The Balaban J connectivity index is 1.65. The SMILES string of the molecule is CCCCCCCCCC(=O)NN=Cc1c(OC(=O)c2ccc(OC)cc2)ccc2ccccc12. The molecule has 0 aliphatic carbocycles. The van der Waals surface area contributed by atoms with Gasteiger partial charge in [0, 0.05) is 12.0 Å². The van der Waals surface area contributed by atoms with Crippen molar-refractivity contribution < 1.29 is 19.1 Å². The Kier molecular flexibility index (Phi) is 10.3. The first-order valence-electron chi connectivity index (χ1n) is 12.3. The van der Waals surface area contributed by atoms with Gasteiger partial charge in [-0.2, -0.15) is 5.10 Å². The van der Waals surface area contributed by atoms with E-state index >= 15 is 0 Å². The summed E-state index contributed by atoms with van der Waals surface area (Å²) in [6.07, 6.45) is 10.1. The zero-order valence-corrected chi connectivity index (χ0v) is 20.6. The van der Waals surface area contributed by atoms with Crippen LogP contribution in [-0.4, -0.2) is 25.2 Å². The summed E-state index contributed by atoms with van der Waals surface area (Å²) in [5.41, 5.74) is 3.64. The van der Waals surface area contributed by atoms with Crippen LogP contribution in [0.1, 0.15) is 74.2 Å². The number of methoxy groups -OCH3 is 1. The van der Waals surface area contributed by atoms with Crippen molar-refractivity contribution in [2.75, 3.05) is 7.11 Å². The van der Waals surface area contributed by atoms with Gasteiger partial charge < -0.3 is 9.47 Å². The smallest absolute Gasteiger partial charge is 0.343 e. The number of unbranched alkanes of at least 4 members (excludes halogenated alkanes) is 6. The molecule has 0 aliphatic rings. The molecule has 1 N–H and O–H groups in total. The van der Waals surface area contributed by atoms with Crippen molar-refractivity contribution in [1.82, 2.24) is 5.43 Å². The number of nitrogens with one attached hydrogen (secondary N) is 1. The molecule has 0 unspecified atom stereocenters. The molecule has 0 heterocycles.